The van der Waals surface area contributed by atoms with Crippen LogP contribution in [-0.4, -0.2) is 9.97 Å². The van der Waals surface area contributed by atoms with Crippen LogP contribution in [0.2, 0.25) is 5.15 Å². The zero-order valence-corrected chi connectivity index (χ0v) is 8.56. The molecule has 0 fully saturated rings. The lowest BCUT2D eigenvalue weighted by Gasteiger charge is -1.97. The Kier molecular flexibility index (Phi) is 2.29. The van der Waals surface area contributed by atoms with Gasteiger partial charge in [0.05, 0.1) is 0 Å². The molecule has 0 amide bonds. The third kappa shape index (κ3) is 1.71. The molecule has 13 heavy (non-hydrogen) atoms. The van der Waals surface area contributed by atoms with Crippen LogP contribution in [0, 0.1) is 6.92 Å². The molecule has 2 rings (SSSR count). The molecule has 0 unspecified atom stereocenters. The summed E-state index contributed by atoms with van der Waals surface area (Å²) in [5.74, 6) is 0. The van der Waals surface area contributed by atoms with E-state index in [1.807, 2.05) is 0 Å². The van der Waals surface area contributed by atoms with Gasteiger partial charge in [0.1, 0.15) is 11.5 Å². The molecule has 0 aliphatic rings. The SMILES string of the molecule is Cc1cc(-c2cncnc2Cl)cs1. The smallest absolute Gasteiger partial charge is 0.140 e. The summed E-state index contributed by atoms with van der Waals surface area (Å²) < 4.78 is 0. The number of halogens is 1. The van der Waals surface area contributed by atoms with Crippen LogP contribution in [0.1, 0.15) is 4.88 Å². The number of hydrogen-bond donors (Lipinski definition) is 0. The first kappa shape index (κ1) is 8.66. The summed E-state index contributed by atoms with van der Waals surface area (Å²) in [5, 5.41) is 2.56. The second-order valence-electron chi connectivity index (χ2n) is 2.67. The van der Waals surface area contributed by atoms with E-state index in [4.69, 9.17) is 11.6 Å². The fourth-order valence-corrected chi connectivity index (χ4v) is 2.00. The molecule has 0 radical (unpaired) electrons. The Labute approximate surface area is 85.2 Å². The van der Waals surface area contributed by atoms with Crippen molar-refractivity contribution in [3.05, 3.63) is 34.0 Å². The molecule has 0 aliphatic heterocycles. The minimum Gasteiger partial charge on any atom is -0.244 e. The van der Waals surface area contributed by atoms with E-state index in [2.05, 4.69) is 28.3 Å². The second-order valence-corrected chi connectivity index (χ2v) is 4.15. The highest BCUT2D eigenvalue weighted by molar-refractivity contribution is 7.10. The van der Waals surface area contributed by atoms with E-state index in [0.717, 1.165) is 11.1 Å². The van der Waals surface area contributed by atoms with Gasteiger partial charge in [0.2, 0.25) is 0 Å². The molecule has 0 aliphatic carbocycles. The zero-order chi connectivity index (χ0) is 9.26. The highest BCUT2D eigenvalue weighted by Crippen LogP contribution is 2.28. The quantitative estimate of drug-likeness (QED) is 0.676. The highest BCUT2D eigenvalue weighted by atomic mass is 35.5. The first-order valence-electron chi connectivity index (χ1n) is 3.78. The van der Waals surface area contributed by atoms with E-state index in [0.29, 0.717) is 5.15 Å². The topological polar surface area (TPSA) is 25.8 Å². The predicted molar refractivity (Wildman–Crippen MR) is 55.1 cm³/mol. The number of rotatable bonds is 1. The summed E-state index contributed by atoms with van der Waals surface area (Å²) in [4.78, 5) is 9.12. The number of nitrogens with zero attached hydrogens (tertiary/aromatic N) is 2. The Hall–Kier alpha value is -0.930. The van der Waals surface area contributed by atoms with Crippen molar-refractivity contribution in [1.82, 2.24) is 9.97 Å². The van der Waals surface area contributed by atoms with Crippen molar-refractivity contribution < 1.29 is 0 Å². The molecular formula is C9H7ClN2S. The van der Waals surface area contributed by atoms with Crippen LogP contribution in [0.25, 0.3) is 11.1 Å². The van der Waals surface area contributed by atoms with Crippen LogP contribution in [0.5, 0.6) is 0 Å². The number of aromatic nitrogens is 2. The molecule has 0 saturated heterocycles. The van der Waals surface area contributed by atoms with Crippen LogP contribution >= 0.6 is 22.9 Å². The number of aryl methyl sites for hydroxylation is 1. The summed E-state index contributed by atoms with van der Waals surface area (Å²) in [5.41, 5.74) is 1.99. The van der Waals surface area contributed by atoms with Crippen molar-refractivity contribution in [3.63, 3.8) is 0 Å². The molecule has 2 nitrogen and oxygen atoms in total. The third-order valence-electron chi connectivity index (χ3n) is 1.71. The van der Waals surface area contributed by atoms with Gasteiger partial charge >= 0.3 is 0 Å². The van der Waals surface area contributed by atoms with E-state index in [1.54, 1.807) is 17.5 Å². The molecule has 2 aromatic heterocycles. The fourth-order valence-electron chi connectivity index (χ4n) is 1.09. The average molecular weight is 211 g/mol. The minimum absolute atomic E-state index is 0.507. The lowest BCUT2D eigenvalue weighted by molar-refractivity contribution is 1.17. The largest absolute Gasteiger partial charge is 0.244 e. The van der Waals surface area contributed by atoms with Gasteiger partial charge in [-0.3, -0.25) is 0 Å². The van der Waals surface area contributed by atoms with Crippen LogP contribution in [0.15, 0.2) is 24.0 Å². The molecule has 0 spiro atoms. The van der Waals surface area contributed by atoms with Gasteiger partial charge in [-0.15, -0.1) is 11.3 Å². The third-order valence-corrected chi connectivity index (χ3v) is 2.87. The van der Waals surface area contributed by atoms with Crippen LogP contribution in [0.3, 0.4) is 0 Å². The van der Waals surface area contributed by atoms with Gasteiger partial charge < -0.3 is 0 Å². The molecule has 0 saturated carbocycles. The predicted octanol–water partition coefficient (Wildman–Crippen LogP) is 3.17. The highest BCUT2D eigenvalue weighted by Gasteiger charge is 2.05. The average Bonchev–Trinajstić information content (AvgIpc) is 2.53. The molecular weight excluding hydrogens is 204 g/mol. The van der Waals surface area contributed by atoms with Gasteiger partial charge in [0.15, 0.2) is 0 Å². The summed E-state index contributed by atoms with van der Waals surface area (Å²) in [7, 11) is 0. The van der Waals surface area contributed by atoms with E-state index < -0.39 is 0 Å². The van der Waals surface area contributed by atoms with Gasteiger partial charge in [0, 0.05) is 16.6 Å². The maximum absolute atomic E-state index is 5.92. The maximum atomic E-state index is 5.92. The monoisotopic (exact) mass is 210 g/mol. The van der Waals surface area contributed by atoms with Crippen molar-refractivity contribution in [1.29, 1.82) is 0 Å². The molecule has 4 heteroatoms. The van der Waals surface area contributed by atoms with Gasteiger partial charge in [-0.1, -0.05) is 11.6 Å². The minimum atomic E-state index is 0.507. The molecule has 0 aromatic carbocycles. The first-order chi connectivity index (χ1) is 6.27. The Morgan fingerprint density at radius 3 is 2.92 bits per heavy atom. The van der Waals surface area contributed by atoms with Crippen molar-refractivity contribution in [2.45, 2.75) is 6.92 Å². The van der Waals surface area contributed by atoms with Crippen LogP contribution in [-0.2, 0) is 0 Å². The molecule has 66 valence electrons. The van der Waals surface area contributed by atoms with Gasteiger partial charge in [-0.05, 0) is 23.9 Å². The standard InChI is InChI=1S/C9H7ClN2S/c1-6-2-7(4-13-6)8-3-11-5-12-9(8)10/h2-5H,1H3. The van der Waals surface area contributed by atoms with Crippen molar-refractivity contribution in [2.75, 3.05) is 0 Å². The van der Waals surface area contributed by atoms with E-state index in [-0.39, 0.29) is 0 Å². The molecule has 2 heterocycles. The Morgan fingerprint density at radius 2 is 2.31 bits per heavy atom. The van der Waals surface area contributed by atoms with Gasteiger partial charge in [-0.2, -0.15) is 0 Å². The molecule has 0 bridgehead atoms. The molecule has 0 N–H and O–H groups in total. The Balaban J connectivity index is 2.52. The van der Waals surface area contributed by atoms with Crippen molar-refractivity contribution >= 4 is 22.9 Å². The van der Waals surface area contributed by atoms with E-state index in [9.17, 15) is 0 Å². The van der Waals surface area contributed by atoms with Crippen molar-refractivity contribution in [2.24, 2.45) is 0 Å². The normalized spacial score (nSPS) is 10.3. The molecule has 2 aromatic rings. The lowest BCUT2D eigenvalue weighted by Crippen LogP contribution is -1.82. The Bertz CT molecular complexity index is 425. The second kappa shape index (κ2) is 3.44. The van der Waals surface area contributed by atoms with E-state index >= 15 is 0 Å². The lowest BCUT2D eigenvalue weighted by atomic mass is 10.2. The number of hydrogen-bond acceptors (Lipinski definition) is 3. The van der Waals surface area contributed by atoms with Gasteiger partial charge in [0.25, 0.3) is 0 Å². The number of thiophene rings is 1. The first-order valence-corrected chi connectivity index (χ1v) is 5.04. The van der Waals surface area contributed by atoms with Crippen LogP contribution in [0.4, 0.5) is 0 Å². The maximum Gasteiger partial charge on any atom is 0.140 e. The van der Waals surface area contributed by atoms with Gasteiger partial charge in [-0.25, -0.2) is 9.97 Å². The summed E-state index contributed by atoms with van der Waals surface area (Å²) >= 11 is 7.62. The molecule has 0 atom stereocenters. The van der Waals surface area contributed by atoms with E-state index in [1.165, 1.54) is 11.2 Å². The fraction of sp³-hybridized carbons (Fsp3) is 0.111. The van der Waals surface area contributed by atoms with Crippen LogP contribution < -0.4 is 0 Å². The summed E-state index contributed by atoms with van der Waals surface area (Å²) in [6.07, 6.45) is 3.18. The van der Waals surface area contributed by atoms with Crippen molar-refractivity contribution in [3.8, 4) is 11.1 Å². The zero-order valence-electron chi connectivity index (χ0n) is 6.99. The Morgan fingerprint density at radius 1 is 1.46 bits per heavy atom. The summed E-state index contributed by atoms with van der Waals surface area (Å²) in [6, 6.07) is 2.08. The summed E-state index contributed by atoms with van der Waals surface area (Å²) in [6.45, 7) is 2.06.